The summed E-state index contributed by atoms with van der Waals surface area (Å²) in [5.41, 5.74) is 0.956. The fourth-order valence-corrected chi connectivity index (χ4v) is 2.89. The molecule has 0 radical (unpaired) electrons. The van der Waals surface area contributed by atoms with Gasteiger partial charge in [-0.15, -0.1) is 0 Å². The summed E-state index contributed by atoms with van der Waals surface area (Å²) in [6.45, 7) is 0. The molecule has 0 aliphatic carbocycles. The molecular formula is C13H15NO2S. The normalized spacial score (nSPS) is 18.7. The fourth-order valence-electron chi connectivity index (χ4n) is 1.80. The van der Waals surface area contributed by atoms with E-state index >= 15 is 0 Å². The van der Waals surface area contributed by atoms with Gasteiger partial charge >= 0.3 is 0 Å². The van der Waals surface area contributed by atoms with Crippen molar-refractivity contribution in [2.75, 3.05) is 18.6 Å². The van der Waals surface area contributed by atoms with Crippen LogP contribution >= 0.6 is 11.8 Å². The largest absolute Gasteiger partial charge is 0.493 e. The van der Waals surface area contributed by atoms with E-state index in [1.165, 1.54) is 5.75 Å². The fraction of sp³-hybridized carbons (Fsp3) is 0.462. The van der Waals surface area contributed by atoms with Crippen molar-refractivity contribution in [3.63, 3.8) is 0 Å². The van der Waals surface area contributed by atoms with Crippen LogP contribution in [0.1, 0.15) is 12.0 Å². The van der Waals surface area contributed by atoms with Crippen LogP contribution in [0.2, 0.25) is 0 Å². The predicted octanol–water partition coefficient (Wildman–Crippen LogP) is 2.65. The first-order valence-electron chi connectivity index (χ1n) is 5.61. The number of hydrogen-bond donors (Lipinski definition) is 0. The molecule has 1 unspecified atom stereocenters. The van der Waals surface area contributed by atoms with Gasteiger partial charge in [-0.25, -0.2) is 0 Å². The van der Waals surface area contributed by atoms with E-state index in [1.807, 2.05) is 30.0 Å². The van der Waals surface area contributed by atoms with Gasteiger partial charge in [0.2, 0.25) is 0 Å². The summed E-state index contributed by atoms with van der Waals surface area (Å²) in [6.07, 6.45) is 1.78. The Balaban J connectivity index is 2.12. The summed E-state index contributed by atoms with van der Waals surface area (Å²) in [4.78, 5) is 0. The van der Waals surface area contributed by atoms with Crippen LogP contribution in [0.5, 0.6) is 11.5 Å². The lowest BCUT2D eigenvalue weighted by molar-refractivity contribution is 0.218. The van der Waals surface area contributed by atoms with Crippen LogP contribution in [-0.2, 0) is 6.42 Å². The minimum Gasteiger partial charge on any atom is -0.493 e. The number of nitrogens with zero attached hydrogens (tertiary/aromatic N) is 1. The van der Waals surface area contributed by atoms with Gasteiger partial charge in [0.15, 0.2) is 11.5 Å². The van der Waals surface area contributed by atoms with Crippen LogP contribution in [0.4, 0.5) is 0 Å². The molecule has 90 valence electrons. The molecule has 1 aromatic rings. The van der Waals surface area contributed by atoms with Gasteiger partial charge in [-0.3, -0.25) is 0 Å². The average Bonchev–Trinajstić information content (AvgIpc) is 2.84. The summed E-state index contributed by atoms with van der Waals surface area (Å²) < 4.78 is 11.2. The summed E-state index contributed by atoms with van der Waals surface area (Å²) in [5, 5.41) is 8.66. The Morgan fingerprint density at radius 2 is 2.35 bits per heavy atom. The number of hydrogen-bond acceptors (Lipinski definition) is 4. The maximum Gasteiger partial charge on any atom is 0.161 e. The first-order chi connectivity index (χ1) is 8.33. The van der Waals surface area contributed by atoms with E-state index in [1.54, 1.807) is 7.11 Å². The van der Waals surface area contributed by atoms with Crippen LogP contribution in [0.3, 0.4) is 0 Å². The third-order valence-electron chi connectivity index (χ3n) is 2.69. The van der Waals surface area contributed by atoms with Crippen LogP contribution in [0.25, 0.3) is 0 Å². The van der Waals surface area contributed by atoms with Crippen LogP contribution < -0.4 is 9.47 Å². The molecule has 1 aliphatic rings. The zero-order valence-corrected chi connectivity index (χ0v) is 10.6. The number of rotatable bonds is 4. The quantitative estimate of drug-likeness (QED) is 0.822. The number of thioether (sulfide) groups is 1. The zero-order chi connectivity index (χ0) is 12.1. The minimum absolute atomic E-state index is 0.288. The molecule has 0 spiro atoms. The molecule has 1 atom stereocenters. The second kappa shape index (κ2) is 5.83. The molecule has 0 saturated carbocycles. The lowest BCUT2D eigenvalue weighted by Crippen LogP contribution is -2.15. The van der Waals surface area contributed by atoms with Gasteiger partial charge in [0.25, 0.3) is 0 Å². The Morgan fingerprint density at radius 1 is 1.47 bits per heavy atom. The molecular weight excluding hydrogens is 234 g/mol. The second-order valence-electron chi connectivity index (χ2n) is 3.92. The van der Waals surface area contributed by atoms with E-state index < -0.39 is 0 Å². The minimum atomic E-state index is 0.288. The lowest BCUT2D eigenvalue weighted by Gasteiger charge is -2.15. The summed E-state index contributed by atoms with van der Waals surface area (Å²) in [6, 6.07) is 7.82. The highest BCUT2D eigenvalue weighted by Crippen LogP contribution is 2.31. The number of methoxy groups -OCH3 is 1. The van der Waals surface area contributed by atoms with Crippen molar-refractivity contribution in [1.82, 2.24) is 0 Å². The van der Waals surface area contributed by atoms with Crippen LogP contribution in [0.15, 0.2) is 18.2 Å². The van der Waals surface area contributed by atoms with Crippen molar-refractivity contribution in [1.29, 1.82) is 5.26 Å². The molecule has 0 amide bonds. The van der Waals surface area contributed by atoms with E-state index in [4.69, 9.17) is 14.7 Å². The second-order valence-corrected chi connectivity index (χ2v) is 5.07. The number of ether oxygens (including phenoxy) is 2. The van der Waals surface area contributed by atoms with Crippen molar-refractivity contribution in [2.24, 2.45) is 0 Å². The molecule has 4 heteroatoms. The van der Waals surface area contributed by atoms with Gasteiger partial charge < -0.3 is 9.47 Å². The molecule has 2 rings (SSSR count). The van der Waals surface area contributed by atoms with E-state index in [-0.39, 0.29) is 6.10 Å². The standard InChI is InChI=1S/C13H15NO2S/c1-15-13-8-10(4-6-14)2-3-12(13)16-11-5-7-17-9-11/h2-3,8,11H,4-5,7,9H2,1H3. The maximum absolute atomic E-state index is 8.66. The van der Waals surface area contributed by atoms with Gasteiger partial charge in [0.1, 0.15) is 6.10 Å². The molecule has 1 aromatic carbocycles. The van der Waals surface area contributed by atoms with Crippen LogP contribution in [0, 0.1) is 11.3 Å². The molecule has 0 bridgehead atoms. The molecule has 17 heavy (non-hydrogen) atoms. The first-order valence-corrected chi connectivity index (χ1v) is 6.77. The molecule has 0 aromatic heterocycles. The molecule has 3 nitrogen and oxygen atoms in total. The molecule has 1 saturated heterocycles. The SMILES string of the molecule is COc1cc(CC#N)ccc1OC1CCSC1. The third-order valence-corrected chi connectivity index (χ3v) is 3.82. The highest BCUT2D eigenvalue weighted by atomic mass is 32.2. The summed E-state index contributed by atoms with van der Waals surface area (Å²) in [5.74, 6) is 3.71. The van der Waals surface area contributed by atoms with Crippen molar-refractivity contribution >= 4 is 11.8 Å². The molecule has 1 fully saturated rings. The summed E-state index contributed by atoms with van der Waals surface area (Å²) in [7, 11) is 1.63. The highest BCUT2D eigenvalue weighted by Gasteiger charge is 2.18. The number of nitriles is 1. The van der Waals surface area contributed by atoms with Crippen molar-refractivity contribution in [3.05, 3.63) is 23.8 Å². The Bertz CT molecular complexity index is 422. The topological polar surface area (TPSA) is 42.2 Å². The van der Waals surface area contributed by atoms with Gasteiger partial charge in [-0.1, -0.05) is 6.07 Å². The Hall–Kier alpha value is -1.34. The highest BCUT2D eigenvalue weighted by molar-refractivity contribution is 7.99. The van der Waals surface area contributed by atoms with Gasteiger partial charge in [-0.2, -0.15) is 17.0 Å². The Labute approximate surface area is 106 Å². The van der Waals surface area contributed by atoms with E-state index in [9.17, 15) is 0 Å². The Kier molecular flexibility index (Phi) is 4.16. The Morgan fingerprint density at radius 3 is 3.00 bits per heavy atom. The lowest BCUT2D eigenvalue weighted by atomic mass is 10.1. The van der Waals surface area contributed by atoms with E-state index in [2.05, 4.69) is 6.07 Å². The van der Waals surface area contributed by atoms with Crippen molar-refractivity contribution in [2.45, 2.75) is 18.9 Å². The molecule has 1 aliphatic heterocycles. The van der Waals surface area contributed by atoms with Crippen LogP contribution in [-0.4, -0.2) is 24.7 Å². The van der Waals surface area contributed by atoms with Gasteiger partial charge in [0.05, 0.1) is 19.6 Å². The molecule has 0 N–H and O–H groups in total. The van der Waals surface area contributed by atoms with Crippen molar-refractivity contribution < 1.29 is 9.47 Å². The first kappa shape index (κ1) is 12.1. The number of benzene rings is 1. The van der Waals surface area contributed by atoms with Crippen molar-refractivity contribution in [3.8, 4) is 17.6 Å². The third kappa shape index (κ3) is 3.07. The molecule has 1 heterocycles. The zero-order valence-electron chi connectivity index (χ0n) is 9.81. The predicted molar refractivity (Wildman–Crippen MR) is 68.7 cm³/mol. The van der Waals surface area contributed by atoms with E-state index in [0.29, 0.717) is 6.42 Å². The van der Waals surface area contributed by atoms with Gasteiger partial charge in [-0.05, 0) is 29.9 Å². The monoisotopic (exact) mass is 249 g/mol. The average molecular weight is 249 g/mol. The smallest absolute Gasteiger partial charge is 0.161 e. The van der Waals surface area contributed by atoms with E-state index in [0.717, 1.165) is 29.2 Å². The maximum atomic E-state index is 8.66. The summed E-state index contributed by atoms with van der Waals surface area (Å²) >= 11 is 1.92. The van der Waals surface area contributed by atoms with Gasteiger partial charge in [0, 0.05) is 5.75 Å².